The third-order valence-electron chi connectivity index (χ3n) is 3.72. The molecular formula is C18H28N4O7. The van der Waals surface area contributed by atoms with Gasteiger partial charge >= 0.3 is 17.8 Å². The van der Waals surface area contributed by atoms with Crippen molar-refractivity contribution in [3.63, 3.8) is 0 Å². The van der Waals surface area contributed by atoms with Gasteiger partial charge in [-0.1, -0.05) is 0 Å². The number of aliphatic carboxylic acids is 1. The number of unbranched alkanes of at least 4 members (excludes halogenated alkanes) is 1. The molecule has 11 nitrogen and oxygen atoms in total. The lowest BCUT2D eigenvalue weighted by Gasteiger charge is -2.19. The highest BCUT2D eigenvalue weighted by Crippen LogP contribution is 2.07. The summed E-state index contributed by atoms with van der Waals surface area (Å²) in [6.45, 7) is 6.61. The number of carboxylic acid groups (broad SMARTS) is 1. The van der Waals surface area contributed by atoms with Gasteiger partial charge in [0.05, 0.1) is 0 Å². The fourth-order valence-electron chi connectivity index (χ4n) is 2.37. The number of nitrogens with one attached hydrogen (secondary N) is 3. The summed E-state index contributed by atoms with van der Waals surface area (Å²) >= 11 is 0. The lowest BCUT2D eigenvalue weighted by molar-refractivity contribution is -0.142. The molecule has 0 aliphatic carbocycles. The summed E-state index contributed by atoms with van der Waals surface area (Å²) in [6.07, 6.45) is 1.76. The van der Waals surface area contributed by atoms with Crippen LogP contribution in [0.3, 0.4) is 0 Å². The second-order valence-corrected chi connectivity index (χ2v) is 7.58. The van der Waals surface area contributed by atoms with Crippen molar-refractivity contribution in [3.8, 4) is 0 Å². The Kier molecular flexibility index (Phi) is 8.61. The van der Waals surface area contributed by atoms with E-state index in [9.17, 15) is 29.1 Å². The van der Waals surface area contributed by atoms with Crippen molar-refractivity contribution in [2.75, 3.05) is 6.54 Å². The Hall–Kier alpha value is -3.11. The largest absolute Gasteiger partial charge is 0.480 e. The third-order valence-corrected chi connectivity index (χ3v) is 3.72. The average Bonchev–Trinajstić information content (AvgIpc) is 2.56. The molecule has 0 bridgehead atoms. The molecule has 1 aromatic rings. The van der Waals surface area contributed by atoms with Crippen molar-refractivity contribution >= 4 is 18.0 Å². The van der Waals surface area contributed by atoms with Crippen LogP contribution < -0.4 is 21.9 Å². The number of aromatic amines is 1. The predicted octanol–water partition coefficient (Wildman–Crippen LogP) is 0.109. The van der Waals surface area contributed by atoms with Gasteiger partial charge < -0.3 is 20.5 Å². The van der Waals surface area contributed by atoms with E-state index >= 15 is 0 Å². The minimum Gasteiger partial charge on any atom is -0.480 e. The van der Waals surface area contributed by atoms with Gasteiger partial charge in [-0.15, -0.1) is 0 Å². The van der Waals surface area contributed by atoms with Crippen molar-refractivity contribution < 1.29 is 24.2 Å². The summed E-state index contributed by atoms with van der Waals surface area (Å²) in [6, 6.07) is -1.14. The summed E-state index contributed by atoms with van der Waals surface area (Å²) in [7, 11) is 0. The summed E-state index contributed by atoms with van der Waals surface area (Å²) in [5.41, 5.74) is -1.65. The van der Waals surface area contributed by atoms with Crippen LogP contribution in [-0.2, 0) is 20.9 Å². The van der Waals surface area contributed by atoms with Crippen molar-refractivity contribution in [3.05, 3.63) is 32.6 Å². The summed E-state index contributed by atoms with van der Waals surface area (Å²) in [5, 5.41) is 14.2. The van der Waals surface area contributed by atoms with Gasteiger partial charge in [0.15, 0.2) is 0 Å². The van der Waals surface area contributed by atoms with Crippen LogP contribution in [0.5, 0.6) is 0 Å². The zero-order valence-electron chi connectivity index (χ0n) is 17.0. The Morgan fingerprint density at radius 1 is 1.24 bits per heavy atom. The summed E-state index contributed by atoms with van der Waals surface area (Å²) < 4.78 is 6.08. The Bertz CT molecular complexity index is 851. The molecule has 0 spiro atoms. The van der Waals surface area contributed by atoms with Crippen LogP contribution in [0, 0.1) is 6.92 Å². The molecule has 1 heterocycles. The van der Waals surface area contributed by atoms with Crippen LogP contribution in [-0.4, -0.2) is 50.8 Å². The number of aromatic nitrogens is 2. The molecule has 0 aromatic carbocycles. The standard InChI is InChI=1S/C18H28N4O7/c1-11-9-22(16(27)21-14(11)24)10-13(23)20-12(15(25)26)7-5-6-8-19-17(28)29-18(2,3)4/h9,12H,5-8,10H2,1-4H3,(H,19,28)(H,20,23)(H,25,26)(H,21,24,27)/t12-/m0/s1. The molecule has 29 heavy (non-hydrogen) atoms. The molecule has 0 aliphatic rings. The number of hydrogen-bond acceptors (Lipinski definition) is 6. The predicted molar refractivity (Wildman–Crippen MR) is 104 cm³/mol. The molecule has 1 rings (SSSR count). The van der Waals surface area contributed by atoms with Gasteiger partial charge in [-0.25, -0.2) is 14.4 Å². The van der Waals surface area contributed by atoms with Crippen LogP contribution in [0.1, 0.15) is 45.6 Å². The lowest BCUT2D eigenvalue weighted by Crippen LogP contribution is -2.44. The number of amides is 2. The van der Waals surface area contributed by atoms with Crippen LogP contribution in [0.15, 0.2) is 15.8 Å². The number of carbonyl (C=O) groups is 3. The number of alkyl carbamates (subject to hydrolysis) is 1. The van der Waals surface area contributed by atoms with Gasteiger partial charge in [0, 0.05) is 18.3 Å². The molecule has 4 N–H and O–H groups in total. The van der Waals surface area contributed by atoms with Gasteiger partial charge in [0.1, 0.15) is 18.2 Å². The zero-order valence-corrected chi connectivity index (χ0v) is 17.0. The van der Waals surface area contributed by atoms with Gasteiger partial charge in [-0.05, 0) is 47.0 Å². The van der Waals surface area contributed by atoms with Crippen LogP contribution in [0.25, 0.3) is 0 Å². The first-order valence-electron chi connectivity index (χ1n) is 9.18. The lowest BCUT2D eigenvalue weighted by atomic mass is 10.1. The van der Waals surface area contributed by atoms with Crippen LogP contribution in [0.2, 0.25) is 0 Å². The van der Waals surface area contributed by atoms with E-state index in [-0.39, 0.29) is 12.0 Å². The third kappa shape index (κ3) is 9.08. The molecule has 0 aliphatic heterocycles. The van der Waals surface area contributed by atoms with E-state index in [0.29, 0.717) is 19.4 Å². The van der Waals surface area contributed by atoms with Crippen molar-refractivity contribution in [1.29, 1.82) is 0 Å². The molecule has 0 saturated carbocycles. The molecule has 1 atom stereocenters. The summed E-state index contributed by atoms with van der Waals surface area (Å²) in [4.78, 5) is 60.1. The topological polar surface area (TPSA) is 160 Å². The van der Waals surface area contributed by atoms with Crippen molar-refractivity contribution in [2.45, 2.75) is 65.1 Å². The molecule has 11 heteroatoms. The maximum atomic E-state index is 12.1. The van der Waals surface area contributed by atoms with E-state index < -0.39 is 47.4 Å². The molecular weight excluding hydrogens is 384 g/mol. The summed E-state index contributed by atoms with van der Waals surface area (Å²) in [5.74, 6) is -1.87. The SMILES string of the molecule is Cc1cn(CC(=O)N[C@@H](CCCCNC(=O)OC(C)(C)C)C(=O)O)c(=O)[nH]c1=O. The number of nitrogens with zero attached hydrogens (tertiary/aromatic N) is 1. The second kappa shape index (κ2) is 10.4. The quantitative estimate of drug-likeness (QED) is 0.419. The van der Waals surface area contributed by atoms with Gasteiger partial charge in [0.2, 0.25) is 5.91 Å². The van der Waals surface area contributed by atoms with E-state index in [2.05, 4.69) is 15.6 Å². The molecule has 0 fully saturated rings. The maximum absolute atomic E-state index is 12.1. The van der Waals surface area contributed by atoms with E-state index in [0.717, 1.165) is 4.57 Å². The van der Waals surface area contributed by atoms with E-state index in [4.69, 9.17) is 4.74 Å². The van der Waals surface area contributed by atoms with Gasteiger partial charge in [-0.3, -0.25) is 19.1 Å². The number of aryl methyl sites for hydroxylation is 1. The first-order valence-corrected chi connectivity index (χ1v) is 9.18. The Labute approximate surface area is 167 Å². The molecule has 1 aromatic heterocycles. The van der Waals surface area contributed by atoms with E-state index in [1.165, 1.54) is 13.1 Å². The van der Waals surface area contributed by atoms with Crippen molar-refractivity contribution in [2.24, 2.45) is 0 Å². The van der Waals surface area contributed by atoms with Crippen LogP contribution in [0.4, 0.5) is 4.79 Å². The second-order valence-electron chi connectivity index (χ2n) is 7.58. The molecule has 162 valence electrons. The van der Waals surface area contributed by atoms with E-state index in [1.54, 1.807) is 20.8 Å². The minimum absolute atomic E-state index is 0.149. The first kappa shape index (κ1) is 23.9. The highest BCUT2D eigenvalue weighted by molar-refractivity contribution is 5.83. The smallest absolute Gasteiger partial charge is 0.407 e. The number of ether oxygens (including phenoxy) is 1. The Balaban J connectivity index is 2.47. The van der Waals surface area contributed by atoms with Gasteiger partial charge in [-0.2, -0.15) is 0 Å². The highest BCUT2D eigenvalue weighted by Gasteiger charge is 2.20. The van der Waals surface area contributed by atoms with Gasteiger partial charge in [0.25, 0.3) is 5.56 Å². The number of H-pyrrole nitrogens is 1. The molecule has 0 saturated heterocycles. The average molecular weight is 412 g/mol. The number of carbonyl (C=O) groups excluding carboxylic acids is 2. The Morgan fingerprint density at radius 2 is 1.90 bits per heavy atom. The minimum atomic E-state index is -1.21. The zero-order chi connectivity index (χ0) is 22.2. The van der Waals surface area contributed by atoms with E-state index in [1.807, 2.05) is 0 Å². The molecule has 0 unspecified atom stereocenters. The fraction of sp³-hybridized carbons (Fsp3) is 0.611. The first-order chi connectivity index (χ1) is 13.4. The maximum Gasteiger partial charge on any atom is 0.407 e. The monoisotopic (exact) mass is 412 g/mol. The number of hydrogen-bond donors (Lipinski definition) is 4. The number of rotatable bonds is 9. The molecule has 0 radical (unpaired) electrons. The molecule has 2 amide bonds. The number of carboxylic acids is 1. The fourth-order valence-corrected chi connectivity index (χ4v) is 2.37. The normalized spacial score (nSPS) is 12.1. The van der Waals surface area contributed by atoms with Crippen LogP contribution >= 0.6 is 0 Å². The highest BCUT2D eigenvalue weighted by atomic mass is 16.6. The van der Waals surface area contributed by atoms with Crippen molar-refractivity contribution in [1.82, 2.24) is 20.2 Å². The Morgan fingerprint density at radius 3 is 2.48 bits per heavy atom.